The van der Waals surface area contributed by atoms with Gasteiger partial charge in [0.05, 0.1) is 25.6 Å². The van der Waals surface area contributed by atoms with Gasteiger partial charge in [0, 0.05) is 12.6 Å². The van der Waals surface area contributed by atoms with Crippen LogP contribution in [-0.4, -0.2) is 30.1 Å². The number of carbonyl (C=O) groups is 1. The van der Waals surface area contributed by atoms with Crippen molar-refractivity contribution in [1.82, 2.24) is 4.90 Å². The van der Waals surface area contributed by atoms with Crippen molar-refractivity contribution in [3.8, 4) is 6.07 Å². The Kier molecular flexibility index (Phi) is 7.38. The summed E-state index contributed by atoms with van der Waals surface area (Å²) in [6.07, 6.45) is 1.25. The van der Waals surface area contributed by atoms with Crippen molar-refractivity contribution in [3.05, 3.63) is 35.9 Å². The van der Waals surface area contributed by atoms with E-state index >= 15 is 0 Å². The summed E-state index contributed by atoms with van der Waals surface area (Å²) in [5.41, 5.74) is 1.13. The highest BCUT2D eigenvalue weighted by Gasteiger charge is 2.20. The Hall–Kier alpha value is -1.86. The molecule has 0 N–H and O–H groups in total. The van der Waals surface area contributed by atoms with Gasteiger partial charge in [0.25, 0.3) is 0 Å². The second-order valence-electron chi connectivity index (χ2n) is 4.62. The first kappa shape index (κ1) is 16.2. The highest BCUT2D eigenvalue weighted by molar-refractivity contribution is 5.71. The number of hydrogen-bond donors (Lipinski definition) is 0. The van der Waals surface area contributed by atoms with Crippen molar-refractivity contribution >= 4 is 5.97 Å². The van der Waals surface area contributed by atoms with Gasteiger partial charge in [-0.2, -0.15) is 5.26 Å². The van der Waals surface area contributed by atoms with Crippen LogP contribution in [0.25, 0.3) is 0 Å². The smallest absolute Gasteiger partial charge is 0.320 e. The first-order valence-corrected chi connectivity index (χ1v) is 7.01. The van der Waals surface area contributed by atoms with Gasteiger partial charge >= 0.3 is 5.97 Å². The number of ether oxygens (including phenoxy) is 1. The predicted molar refractivity (Wildman–Crippen MR) is 77.8 cm³/mol. The van der Waals surface area contributed by atoms with E-state index in [1.807, 2.05) is 42.2 Å². The molecule has 0 aliphatic heterocycles. The SMILES string of the molecule is CCOC(=O)CN(Cc1ccccc1)C(CC)CC#N. The number of nitrogens with zero attached hydrogens (tertiary/aromatic N) is 2. The standard InChI is InChI=1S/C16H22N2O2/c1-3-15(10-11-17)18(13-16(19)20-4-2)12-14-8-6-5-7-9-14/h5-9,15H,3-4,10,12-13H2,1-2H3. The van der Waals surface area contributed by atoms with Crippen LogP contribution >= 0.6 is 0 Å². The Labute approximate surface area is 121 Å². The maximum Gasteiger partial charge on any atom is 0.320 e. The minimum absolute atomic E-state index is 0.0737. The van der Waals surface area contributed by atoms with E-state index in [2.05, 4.69) is 6.07 Å². The fraction of sp³-hybridized carbons (Fsp3) is 0.500. The van der Waals surface area contributed by atoms with Crippen LogP contribution in [0.3, 0.4) is 0 Å². The van der Waals surface area contributed by atoms with Gasteiger partial charge in [0.2, 0.25) is 0 Å². The molecule has 0 fully saturated rings. The lowest BCUT2D eigenvalue weighted by atomic mass is 10.1. The van der Waals surface area contributed by atoms with E-state index in [1.165, 1.54) is 0 Å². The maximum atomic E-state index is 11.7. The van der Waals surface area contributed by atoms with Crippen LogP contribution in [0.1, 0.15) is 32.3 Å². The van der Waals surface area contributed by atoms with Gasteiger partial charge in [-0.3, -0.25) is 9.69 Å². The molecule has 0 amide bonds. The van der Waals surface area contributed by atoms with E-state index in [1.54, 1.807) is 6.92 Å². The van der Waals surface area contributed by atoms with E-state index in [9.17, 15) is 4.79 Å². The number of hydrogen-bond acceptors (Lipinski definition) is 4. The Morgan fingerprint density at radius 3 is 2.60 bits per heavy atom. The zero-order chi connectivity index (χ0) is 14.8. The second-order valence-corrected chi connectivity index (χ2v) is 4.62. The monoisotopic (exact) mass is 274 g/mol. The van der Waals surface area contributed by atoms with Crippen molar-refractivity contribution < 1.29 is 9.53 Å². The van der Waals surface area contributed by atoms with Gasteiger partial charge in [-0.25, -0.2) is 0 Å². The molecule has 1 unspecified atom stereocenters. The van der Waals surface area contributed by atoms with Crippen LogP contribution in [-0.2, 0) is 16.1 Å². The van der Waals surface area contributed by atoms with E-state index in [0.717, 1.165) is 12.0 Å². The van der Waals surface area contributed by atoms with Crippen LogP contribution < -0.4 is 0 Å². The molecule has 0 spiro atoms. The average molecular weight is 274 g/mol. The Morgan fingerprint density at radius 1 is 1.35 bits per heavy atom. The minimum atomic E-state index is -0.236. The summed E-state index contributed by atoms with van der Waals surface area (Å²) in [7, 11) is 0. The molecule has 4 nitrogen and oxygen atoms in total. The molecule has 4 heteroatoms. The van der Waals surface area contributed by atoms with E-state index < -0.39 is 0 Å². The molecule has 0 aliphatic carbocycles. The number of nitriles is 1. The summed E-state index contributed by atoms with van der Waals surface area (Å²) in [6.45, 7) is 5.09. The molecular formula is C16H22N2O2. The molecule has 0 aliphatic rings. The first-order chi connectivity index (χ1) is 9.71. The summed E-state index contributed by atoms with van der Waals surface area (Å²) < 4.78 is 5.02. The van der Waals surface area contributed by atoms with Gasteiger partial charge in [-0.15, -0.1) is 0 Å². The van der Waals surface area contributed by atoms with E-state index in [4.69, 9.17) is 10.00 Å². The average Bonchev–Trinajstić information content (AvgIpc) is 2.45. The maximum absolute atomic E-state index is 11.7. The van der Waals surface area contributed by atoms with E-state index in [-0.39, 0.29) is 18.6 Å². The number of carbonyl (C=O) groups excluding carboxylic acids is 1. The van der Waals surface area contributed by atoms with Gasteiger partial charge in [0.15, 0.2) is 0 Å². The Bertz CT molecular complexity index is 440. The number of rotatable bonds is 8. The third kappa shape index (κ3) is 5.41. The molecule has 0 aromatic heterocycles. The highest BCUT2D eigenvalue weighted by Crippen LogP contribution is 2.13. The fourth-order valence-corrected chi connectivity index (χ4v) is 2.14. The van der Waals surface area contributed by atoms with Crippen LogP contribution in [0.4, 0.5) is 0 Å². The molecule has 0 heterocycles. The topological polar surface area (TPSA) is 53.3 Å². The summed E-state index contributed by atoms with van der Waals surface area (Å²) >= 11 is 0. The summed E-state index contributed by atoms with van der Waals surface area (Å²) in [4.78, 5) is 13.7. The quantitative estimate of drug-likeness (QED) is 0.684. The zero-order valence-corrected chi connectivity index (χ0v) is 12.2. The van der Waals surface area contributed by atoms with Crippen LogP contribution in [0.2, 0.25) is 0 Å². The summed E-state index contributed by atoms with van der Waals surface area (Å²) in [6, 6.07) is 12.2. The lowest BCUT2D eigenvalue weighted by Gasteiger charge is -2.28. The molecular weight excluding hydrogens is 252 g/mol. The van der Waals surface area contributed by atoms with Gasteiger partial charge < -0.3 is 4.74 Å². The molecule has 0 saturated heterocycles. The van der Waals surface area contributed by atoms with Crippen LogP contribution in [0, 0.1) is 11.3 Å². The van der Waals surface area contributed by atoms with Crippen LogP contribution in [0.5, 0.6) is 0 Å². The van der Waals surface area contributed by atoms with E-state index in [0.29, 0.717) is 19.6 Å². The number of benzene rings is 1. The summed E-state index contributed by atoms with van der Waals surface area (Å²) in [5, 5.41) is 8.93. The first-order valence-electron chi connectivity index (χ1n) is 7.01. The Balaban J connectivity index is 2.77. The van der Waals surface area contributed by atoms with Crippen LogP contribution in [0.15, 0.2) is 30.3 Å². The van der Waals surface area contributed by atoms with Gasteiger partial charge in [-0.1, -0.05) is 37.3 Å². The van der Waals surface area contributed by atoms with Crippen molar-refractivity contribution in [2.75, 3.05) is 13.2 Å². The predicted octanol–water partition coefficient (Wildman–Crippen LogP) is 2.74. The van der Waals surface area contributed by atoms with Crippen molar-refractivity contribution in [1.29, 1.82) is 5.26 Å². The molecule has 1 atom stereocenters. The molecule has 20 heavy (non-hydrogen) atoms. The lowest BCUT2D eigenvalue weighted by Crippen LogP contribution is -2.38. The van der Waals surface area contributed by atoms with Gasteiger partial charge in [0.1, 0.15) is 0 Å². The van der Waals surface area contributed by atoms with Crippen molar-refractivity contribution in [3.63, 3.8) is 0 Å². The molecule has 1 aromatic carbocycles. The normalized spacial score (nSPS) is 11.9. The fourth-order valence-electron chi connectivity index (χ4n) is 2.14. The third-order valence-corrected chi connectivity index (χ3v) is 3.18. The zero-order valence-electron chi connectivity index (χ0n) is 12.2. The lowest BCUT2D eigenvalue weighted by molar-refractivity contribution is -0.145. The summed E-state index contributed by atoms with van der Waals surface area (Å²) in [5.74, 6) is -0.236. The van der Waals surface area contributed by atoms with Crippen molar-refractivity contribution in [2.24, 2.45) is 0 Å². The third-order valence-electron chi connectivity index (χ3n) is 3.18. The Morgan fingerprint density at radius 2 is 2.05 bits per heavy atom. The largest absolute Gasteiger partial charge is 0.465 e. The molecule has 0 bridgehead atoms. The molecule has 108 valence electrons. The number of esters is 1. The molecule has 0 radical (unpaired) electrons. The minimum Gasteiger partial charge on any atom is -0.465 e. The molecule has 1 aromatic rings. The highest BCUT2D eigenvalue weighted by atomic mass is 16.5. The van der Waals surface area contributed by atoms with Gasteiger partial charge in [-0.05, 0) is 18.9 Å². The molecule has 0 saturated carbocycles. The van der Waals surface area contributed by atoms with Crippen molar-refractivity contribution in [2.45, 2.75) is 39.3 Å². The second kappa shape index (κ2) is 9.11. The molecule has 1 rings (SSSR count).